The number of rotatable bonds is 45. The van der Waals surface area contributed by atoms with Crippen molar-refractivity contribution < 1.29 is 24.2 Å². The Morgan fingerprint density at radius 3 is 1.00 bits per heavy atom. The van der Waals surface area contributed by atoms with Crippen molar-refractivity contribution >= 4 is 11.9 Å². The van der Waals surface area contributed by atoms with Gasteiger partial charge in [0.1, 0.15) is 6.61 Å². The molecule has 0 aromatic rings. The number of unbranched alkanes of at least 4 members (excludes halogenated alkanes) is 23. The number of carbonyl (C=O) groups excluding carboxylic acids is 2. The van der Waals surface area contributed by atoms with E-state index in [9.17, 15) is 14.7 Å². The maximum atomic E-state index is 12.3. The van der Waals surface area contributed by atoms with Gasteiger partial charge in [0.2, 0.25) is 0 Å². The molecule has 0 aliphatic heterocycles. The lowest BCUT2D eigenvalue weighted by molar-refractivity contribution is -0.161. The van der Waals surface area contributed by atoms with Gasteiger partial charge in [0.25, 0.3) is 0 Å². The van der Waals surface area contributed by atoms with Gasteiger partial charge in [0.15, 0.2) is 6.10 Å². The van der Waals surface area contributed by atoms with Gasteiger partial charge in [-0.25, -0.2) is 0 Å². The lowest BCUT2D eigenvalue weighted by Gasteiger charge is -2.15. The number of aliphatic hydroxyl groups is 1. The van der Waals surface area contributed by atoms with Crippen LogP contribution in [0.3, 0.4) is 0 Å². The van der Waals surface area contributed by atoms with E-state index in [0.29, 0.717) is 12.8 Å². The third kappa shape index (κ3) is 47.8. The van der Waals surface area contributed by atoms with Crippen molar-refractivity contribution in [3.8, 4) is 0 Å². The van der Waals surface area contributed by atoms with E-state index in [2.05, 4.69) is 98.9 Å². The van der Waals surface area contributed by atoms with Crippen molar-refractivity contribution in [2.45, 2.75) is 238 Å². The Hall–Kier alpha value is -2.92. The van der Waals surface area contributed by atoms with Crippen molar-refractivity contribution in [1.82, 2.24) is 0 Å². The zero-order valence-electron chi connectivity index (χ0n) is 39.2. The first kappa shape index (κ1) is 57.1. The predicted octanol–water partition coefficient (Wildman–Crippen LogP) is 16.6. The van der Waals surface area contributed by atoms with Gasteiger partial charge in [0.05, 0.1) is 6.61 Å². The highest BCUT2D eigenvalue weighted by Gasteiger charge is 2.16. The molecular formula is C55H94O5. The van der Waals surface area contributed by atoms with Crippen LogP contribution in [0.5, 0.6) is 0 Å². The summed E-state index contributed by atoms with van der Waals surface area (Å²) < 4.78 is 10.6. The number of hydrogen-bond acceptors (Lipinski definition) is 5. The molecule has 0 bridgehead atoms. The van der Waals surface area contributed by atoms with Crippen molar-refractivity contribution in [3.05, 3.63) is 85.1 Å². The van der Waals surface area contributed by atoms with Crippen LogP contribution < -0.4 is 0 Å². The first-order valence-electron chi connectivity index (χ1n) is 25.1. The normalized spacial score (nSPS) is 12.9. The van der Waals surface area contributed by atoms with Crippen LogP contribution in [0.25, 0.3) is 0 Å². The fourth-order valence-electron chi connectivity index (χ4n) is 6.97. The third-order valence-electron chi connectivity index (χ3n) is 10.7. The van der Waals surface area contributed by atoms with Crippen LogP contribution in [0.4, 0.5) is 0 Å². The van der Waals surface area contributed by atoms with Crippen molar-refractivity contribution in [1.29, 1.82) is 0 Å². The zero-order chi connectivity index (χ0) is 43.5. The molecule has 1 unspecified atom stereocenters. The van der Waals surface area contributed by atoms with Gasteiger partial charge in [-0.2, -0.15) is 0 Å². The number of hydrogen-bond donors (Lipinski definition) is 1. The third-order valence-corrected chi connectivity index (χ3v) is 10.7. The molecule has 0 aliphatic carbocycles. The second-order valence-corrected chi connectivity index (χ2v) is 16.5. The number of esters is 2. The van der Waals surface area contributed by atoms with Crippen molar-refractivity contribution in [2.75, 3.05) is 13.2 Å². The first-order chi connectivity index (χ1) is 29.6. The summed E-state index contributed by atoms with van der Waals surface area (Å²) in [6, 6.07) is 0. The topological polar surface area (TPSA) is 72.8 Å². The van der Waals surface area contributed by atoms with Crippen LogP contribution in [0.15, 0.2) is 85.1 Å². The van der Waals surface area contributed by atoms with Gasteiger partial charge in [-0.15, -0.1) is 0 Å². The standard InChI is InChI=1S/C55H94O5/c1-3-5-7-9-11-13-15-17-19-20-21-22-23-24-25-26-27-28-29-30-31-32-33-34-36-38-40-42-44-46-48-50-55(58)60-53(51-56)52-59-54(57)49-47-45-43-41-39-37-35-18-16-14-12-10-8-6-4-2/h5-8,11-14,17-19,21-22,35,53,56H,3-4,9-10,15-16,20,23-34,36-52H2,1-2H3/b7-5-,8-6-,13-11-,14-12-,19-17-,22-21-,35-18-. The first-order valence-corrected chi connectivity index (χ1v) is 25.1. The maximum Gasteiger partial charge on any atom is 0.306 e. The molecule has 0 spiro atoms. The molecule has 0 saturated carbocycles. The Morgan fingerprint density at radius 1 is 0.383 bits per heavy atom. The van der Waals surface area contributed by atoms with E-state index in [4.69, 9.17) is 9.47 Å². The molecule has 0 heterocycles. The average molecular weight is 835 g/mol. The average Bonchev–Trinajstić information content (AvgIpc) is 3.25. The highest BCUT2D eigenvalue weighted by atomic mass is 16.6. The molecule has 344 valence electrons. The Morgan fingerprint density at radius 2 is 0.667 bits per heavy atom. The summed E-state index contributed by atoms with van der Waals surface area (Å²) in [5.41, 5.74) is 0. The van der Waals surface area contributed by atoms with Crippen LogP contribution in [-0.2, 0) is 19.1 Å². The summed E-state index contributed by atoms with van der Waals surface area (Å²) in [5.74, 6) is -0.608. The summed E-state index contributed by atoms with van der Waals surface area (Å²) >= 11 is 0. The molecule has 5 nitrogen and oxygen atoms in total. The molecule has 1 N–H and O–H groups in total. The van der Waals surface area contributed by atoms with Gasteiger partial charge in [-0.1, -0.05) is 221 Å². The summed E-state index contributed by atoms with van der Waals surface area (Å²) in [4.78, 5) is 24.4. The molecule has 0 rings (SSSR count). The second kappa shape index (κ2) is 50.4. The molecule has 1 atom stereocenters. The van der Waals surface area contributed by atoms with Gasteiger partial charge in [-0.3, -0.25) is 9.59 Å². The molecule has 0 aromatic carbocycles. The molecular weight excluding hydrogens is 741 g/mol. The molecule has 5 heteroatoms. The predicted molar refractivity (Wildman–Crippen MR) is 260 cm³/mol. The molecule has 0 fully saturated rings. The summed E-state index contributed by atoms with van der Waals surface area (Å²) in [5, 5.41) is 9.61. The summed E-state index contributed by atoms with van der Waals surface area (Å²) in [6.45, 7) is 3.91. The molecule has 0 saturated heterocycles. The maximum absolute atomic E-state index is 12.3. The van der Waals surface area contributed by atoms with Crippen LogP contribution in [0, 0.1) is 0 Å². The lowest BCUT2D eigenvalue weighted by Crippen LogP contribution is -2.28. The smallest absolute Gasteiger partial charge is 0.306 e. The molecule has 60 heavy (non-hydrogen) atoms. The summed E-state index contributed by atoms with van der Waals surface area (Å²) in [6.07, 6.45) is 69.7. The Balaban J connectivity index is 3.48. The van der Waals surface area contributed by atoms with Gasteiger partial charge < -0.3 is 14.6 Å². The van der Waals surface area contributed by atoms with Gasteiger partial charge in [-0.05, 0) is 83.5 Å². The zero-order valence-corrected chi connectivity index (χ0v) is 39.2. The van der Waals surface area contributed by atoms with E-state index < -0.39 is 6.10 Å². The van der Waals surface area contributed by atoms with Crippen molar-refractivity contribution in [3.63, 3.8) is 0 Å². The van der Waals surface area contributed by atoms with E-state index in [0.717, 1.165) is 96.3 Å². The van der Waals surface area contributed by atoms with E-state index in [1.807, 2.05) is 0 Å². The molecule has 0 aromatic heterocycles. The minimum Gasteiger partial charge on any atom is -0.462 e. The minimum absolute atomic E-state index is 0.0764. The fourth-order valence-corrected chi connectivity index (χ4v) is 6.97. The van der Waals surface area contributed by atoms with E-state index in [1.165, 1.54) is 109 Å². The highest BCUT2D eigenvalue weighted by Crippen LogP contribution is 2.16. The Kier molecular flexibility index (Phi) is 48.0. The van der Waals surface area contributed by atoms with E-state index in [-0.39, 0.29) is 25.2 Å². The molecule has 0 aliphatic rings. The van der Waals surface area contributed by atoms with Gasteiger partial charge >= 0.3 is 11.9 Å². The van der Waals surface area contributed by atoms with Crippen LogP contribution >= 0.6 is 0 Å². The molecule has 0 amide bonds. The van der Waals surface area contributed by atoms with Crippen molar-refractivity contribution in [2.24, 2.45) is 0 Å². The number of allylic oxidation sites excluding steroid dienone is 14. The monoisotopic (exact) mass is 835 g/mol. The number of ether oxygens (including phenoxy) is 2. The lowest BCUT2D eigenvalue weighted by atomic mass is 10.0. The highest BCUT2D eigenvalue weighted by molar-refractivity contribution is 5.70. The molecule has 0 radical (unpaired) electrons. The van der Waals surface area contributed by atoms with Crippen LogP contribution in [0.2, 0.25) is 0 Å². The number of aliphatic hydroxyl groups excluding tert-OH is 1. The van der Waals surface area contributed by atoms with E-state index in [1.54, 1.807) is 0 Å². The minimum atomic E-state index is -0.782. The van der Waals surface area contributed by atoms with E-state index >= 15 is 0 Å². The van der Waals surface area contributed by atoms with Crippen LogP contribution in [-0.4, -0.2) is 36.4 Å². The summed E-state index contributed by atoms with van der Waals surface area (Å²) in [7, 11) is 0. The quantitative estimate of drug-likeness (QED) is 0.0376. The second-order valence-electron chi connectivity index (χ2n) is 16.5. The number of carbonyl (C=O) groups is 2. The van der Waals surface area contributed by atoms with Crippen LogP contribution in [0.1, 0.15) is 232 Å². The SMILES string of the molecule is CC/C=C\C/C=C\C/C=C\C/C=C\CCCCCCCCCCCCCCCCCCCCC(=O)OC(CO)COC(=O)CCCCCCC/C=C\C/C=C\C/C=C\CC. The Bertz CT molecular complexity index is 1130. The largest absolute Gasteiger partial charge is 0.462 e. The Labute approximate surface area is 371 Å². The van der Waals surface area contributed by atoms with Gasteiger partial charge in [0, 0.05) is 12.8 Å². The fraction of sp³-hybridized carbons (Fsp3) is 0.709.